The highest BCUT2D eigenvalue weighted by Gasteiger charge is 2.40. The van der Waals surface area contributed by atoms with Crippen LogP contribution in [0.15, 0.2) is 0 Å². The van der Waals surface area contributed by atoms with E-state index in [9.17, 15) is 14.7 Å². The molecule has 2 atom stereocenters. The first kappa shape index (κ1) is 20.7. The molecule has 3 rings (SSSR count). The molecule has 2 unspecified atom stereocenters. The van der Waals surface area contributed by atoms with Gasteiger partial charge < -0.3 is 10.0 Å². The molecule has 1 saturated heterocycles. The molecule has 4 heteroatoms. The van der Waals surface area contributed by atoms with Crippen molar-refractivity contribution in [3.63, 3.8) is 0 Å². The summed E-state index contributed by atoms with van der Waals surface area (Å²) in [5.41, 5.74) is 0. The van der Waals surface area contributed by atoms with E-state index in [1.807, 2.05) is 0 Å². The monoisotopic (exact) mass is 377 g/mol. The summed E-state index contributed by atoms with van der Waals surface area (Å²) in [5, 5.41) is 9.80. The van der Waals surface area contributed by atoms with Crippen LogP contribution in [0.1, 0.15) is 96.3 Å². The Balaban J connectivity index is 1.66. The summed E-state index contributed by atoms with van der Waals surface area (Å²) in [6.45, 7) is 1.34. The van der Waals surface area contributed by atoms with Gasteiger partial charge in [0.25, 0.3) is 0 Å². The molecular weight excluding hydrogens is 338 g/mol. The molecule has 2 aliphatic carbocycles. The second-order valence-electron chi connectivity index (χ2n) is 9.33. The Morgan fingerprint density at radius 3 is 1.78 bits per heavy atom. The zero-order valence-electron chi connectivity index (χ0n) is 17.0. The van der Waals surface area contributed by atoms with E-state index in [4.69, 9.17) is 0 Å². The van der Waals surface area contributed by atoms with E-state index in [0.717, 1.165) is 25.7 Å². The van der Waals surface area contributed by atoms with Crippen molar-refractivity contribution in [3.8, 4) is 0 Å². The standard InChI is InChI=1S/C23H39NO3/c25-22(19-13-9-5-2-6-10-14-19)24-16-15-20(23(26)27)21(17-24)18-11-7-3-1-4-8-12-18/h18-21H,1-17H2,(H,26,27). The predicted molar refractivity (Wildman–Crippen MR) is 107 cm³/mol. The van der Waals surface area contributed by atoms with Crippen LogP contribution in [-0.2, 0) is 9.59 Å². The summed E-state index contributed by atoms with van der Waals surface area (Å²) in [7, 11) is 0. The molecule has 154 valence electrons. The van der Waals surface area contributed by atoms with Gasteiger partial charge in [-0.15, -0.1) is 0 Å². The number of hydrogen-bond donors (Lipinski definition) is 1. The van der Waals surface area contributed by atoms with Crippen molar-refractivity contribution < 1.29 is 14.7 Å². The van der Waals surface area contributed by atoms with E-state index in [2.05, 4.69) is 4.90 Å². The van der Waals surface area contributed by atoms with Gasteiger partial charge in [0, 0.05) is 19.0 Å². The molecule has 27 heavy (non-hydrogen) atoms. The third kappa shape index (κ3) is 5.71. The zero-order valence-corrected chi connectivity index (χ0v) is 17.0. The topological polar surface area (TPSA) is 57.6 Å². The third-order valence-electron chi connectivity index (χ3n) is 7.50. The number of amides is 1. The predicted octanol–water partition coefficient (Wildman–Crippen LogP) is 5.26. The summed E-state index contributed by atoms with van der Waals surface area (Å²) in [5.74, 6) is 0.267. The van der Waals surface area contributed by atoms with Crippen LogP contribution in [0.4, 0.5) is 0 Å². The van der Waals surface area contributed by atoms with Gasteiger partial charge in [0.05, 0.1) is 5.92 Å². The van der Waals surface area contributed by atoms with Crippen LogP contribution in [0, 0.1) is 23.7 Å². The minimum absolute atomic E-state index is 0.159. The summed E-state index contributed by atoms with van der Waals surface area (Å²) >= 11 is 0. The summed E-state index contributed by atoms with van der Waals surface area (Å²) < 4.78 is 0. The largest absolute Gasteiger partial charge is 0.481 e. The number of piperidine rings is 1. The summed E-state index contributed by atoms with van der Waals surface area (Å²) in [4.78, 5) is 27.2. The molecule has 2 saturated carbocycles. The van der Waals surface area contributed by atoms with Crippen molar-refractivity contribution >= 4 is 11.9 Å². The van der Waals surface area contributed by atoms with Gasteiger partial charge in [0.2, 0.25) is 5.91 Å². The minimum Gasteiger partial charge on any atom is -0.481 e. The number of aliphatic carboxylic acids is 1. The van der Waals surface area contributed by atoms with Gasteiger partial charge in [-0.1, -0.05) is 77.0 Å². The number of likely N-dealkylation sites (tertiary alicyclic amines) is 1. The maximum absolute atomic E-state index is 13.2. The first-order chi connectivity index (χ1) is 13.2. The number of carbonyl (C=O) groups is 2. The van der Waals surface area contributed by atoms with E-state index in [1.54, 1.807) is 0 Å². The lowest BCUT2D eigenvalue weighted by Crippen LogP contribution is -2.50. The fourth-order valence-electron chi connectivity index (χ4n) is 5.84. The number of carboxylic acid groups (broad SMARTS) is 1. The molecule has 0 radical (unpaired) electrons. The molecular formula is C23H39NO3. The Morgan fingerprint density at radius 1 is 0.704 bits per heavy atom. The molecule has 4 nitrogen and oxygen atoms in total. The zero-order chi connectivity index (χ0) is 19.1. The molecule has 1 amide bonds. The van der Waals surface area contributed by atoms with Gasteiger partial charge in [-0.3, -0.25) is 9.59 Å². The fourth-order valence-corrected chi connectivity index (χ4v) is 5.84. The average Bonchev–Trinajstić information content (AvgIpc) is 2.60. The summed E-state index contributed by atoms with van der Waals surface area (Å²) in [6, 6.07) is 0. The molecule has 0 spiro atoms. The van der Waals surface area contributed by atoms with Crippen LogP contribution in [0.25, 0.3) is 0 Å². The number of carboxylic acids is 1. The van der Waals surface area contributed by atoms with Crippen LogP contribution in [0.3, 0.4) is 0 Å². The molecule has 0 bridgehead atoms. The Kier molecular flexibility index (Phi) is 8.02. The highest BCUT2D eigenvalue weighted by Crippen LogP contribution is 2.38. The van der Waals surface area contributed by atoms with Gasteiger partial charge in [0.15, 0.2) is 0 Å². The molecule has 3 aliphatic rings. The lowest BCUT2D eigenvalue weighted by Gasteiger charge is -2.42. The number of nitrogens with zero attached hydrogens (tertiary/aromatic N) is 1. The van der Waals surface area contributed by atoms with Gasteiger partial charge in [-0.05, 0) is 31.1 Å². The van der Waals surface area contributed by atoms with Crippen molar-refractivity contribution in [2.24, 2.45) is 23.7 Å². The van der Waals surface area contributed by atoms with E-state index in [1.165, 1.54) is 64.2 Å². The van der Waals surface area contributed by atoms with Crippen LogP contribution < -0.4 is 0 Å². The lowest BCUT2D eigenvalue weighted by molar-refractivity contribution is -0.152. The second-order valence-corrected chi connectivity index (χ2v) is 9.33. The van der Waals surface area contributed by atoms with Crippen LogP contribution in [0.5, 0.6) is 0 Å². The Hall–Kier alpha value is -1.06. The SMILES string of the molecule is O=C(O)C1CCN(C(=O)C2CCCCCCC2)CC1C1CCCCCCC1. The van der Waals surface area contributed by atoms with Crippen LogP contribution >= 0.6 is 0 Å². The highest BCUT2D eigenvalue weighted by atomic mass is 16.4. The first-order valence-corrected chi connectivity index (χ1v) is 11.7. The fraction of sp³-hybridized carbons (Fsp3) is 0.913. The van der Waals surface area contributed by atoms with Crippen molar-refractivity contribution in [2.45, 2.75) is 96.3 Å². The second kappa shape index (κ2) is 10.5. The van der Waals surface area contributed by atoms with Crippen molar-refractivity contribution in [1.82, 2.24) is 4.90 Å². The van der Waals surface area contributed by atoms with E-state index in [0.29, 0.717) is 31.3 Å². The maximum atomic E-state index is 13.2. The van der Waals surface area contributed by atoms with Gasteiger partial charge in [-0.25, -0.2) is 0 Å². The Morgan fingerprint density at radius 2 is 1.22 bits per heavy atom. The molecule has 0 aromatic rings. The number of hydrogen-bond acceptors (Lipinski definition) is 2. The molecule has 3 fully saturated rings. The van der Waals surface area contributed by atoms with Gasteiger partial charge >= 0.3 is 5.97 Å². The van der Waals surface area contributed by atoms with Crippen molar-refractivity contribution in [2.75, 3.05) is 13.1 Å². The Bertz CT molecular complexity index is 476. The maximum Gasteiger partial charge on any atom is 0.306 e. The van der Waals surface area contributed by atoms with E-state index in [-0.39, 0.29) is 17.8 Å². The number of carbonyl (C=O) groups excluding carboxylic acids is 1. The van der Waals surface area contributed by atoms with Crippen molar-refractivity contribution in [3.05, 3.63) is 0 Å². The lowest BCUT2D eigenvalue weighted by atomic mass is 9.72. The normalized spacial score (nSPS) is 30.0. The molecule has 0 aromatic heterocycles. The third-order valence-corrected chi connectivity index (χ3v) is 7.50. The van der Waals surface area contributed by atoms with Crippen LogP contribution in [0.2, 0.25) is 0 Å². The number of rotatable bonds is 3. The van der Waals surface area contributed by atoms with E-state index < -0.39 is 5.97 Å². The first-order valence-electron chi connectivity index (χ1n) is 11.7. The quantitative estimate of drug-likeness (QED) is 0.730. The van der Waals surface area contributed by atoms with Gasteiger partial charge in [0.1, 0.15) is 0 Å². The van der Waals surface area contributed by atoms with E-state index >= 15 is 0 Å². The van der Waals surface area contributed by atoms with Crippen LogP contribution in [-0.4, -0.2) is 35.0 Å². The van der Waals surface area contributed by atoms with Crippen molar-refractivity contribution in [1.29, 1.82) is 0 Å². The molecule has 0 aromatic carbocycles. The minimum atomic E-state index is -0.639. The average molecular weight is 378 g/mol. The molecule has 1 aliphatic heterocycles. The molecule has 1 heterocycles. The Labute approximate surface area is 165 Å². The highest BCUT2D eigenvalue weighted by molar-refractivity contribution is 5.79. The van der Waals surface area contributed by atoms with Gasteiger partial charge in [-0.2, -0.15) is 0 Å². The smallest absolute Gasteiger partial charge is 0.306 e. The summed E-state index contributed by atoms with van der Waals surface area (Å²) in [6.07, 6.45) is 17.5. The molecule has 1 N–H and O–H groups in total.